The molecule has 9 nitrogen and oxygen atoms in total. The predicted molar refractivity (Wildman–Crippen MR) is 91.7 cm³/mol. The number of nitrogens with one attached hydrogen (secondary N) is 1. The summed E-state index contributed by atoms with van der Waals surface area (Å²) in [6.07, 6.45) is 0. The lowest BCUT2D eigenvalue weighted by atomic mass is 10.2. The lowest BCUT2D eigenvalue weighted by Gasteiger charge is -2.29. The van der Waals surface area contributed by atoms with Crippen molar-refractivity contribution < 1.29 is 32.6 Å². The fourth-order valence-corrected chi connectivity index (χ4v) is 3.62. The second-order valence-corrected chi connectivity index (χ2v) is 8.19. The maximum atomic E-state index is 12.3. The normalized spacial score (nSPS) is 17.2. The molecule has 0 spiro atoms. The first-order chi connectivity index (χ1) is 12.2. The van der Waals surface area contributed by atoms with E-state index in [0.29, 0.717) is 0 Å². The summed E-state index contributed by atoms with van der Waals surface area (Å²) in [6.45, 7) is 1.21. The second-order valence-electron chi connectivity index (χ2n) is 5.88. The highest BCUT2D eigenvalue weighted by Gasteiger charge is 2.28. The summed E-state index contributed by atoms with van der Waals surface area (Å²) in [7, 11) is -3.09. The highest BCUT2D eigenvalue weighted by atomic mass is 32.2. The van der Waals surface area contributed by atoms with Gasteiger partial charge in [-0.1, -0.05) is 6.07 Å². The lowest BCUT2D eigenvalue weighted by molar-refractivity contribution is -0.139. The maximum absolute atomic E-state index is 12.3. The highest BCUT2D eigenvalue weighted by molar-refractivity contribution is 7.91. The molecule has 1 aliphatic heterocycles. The molecule has 0 aromatic heterocycles. The minimum atomic E-state index is -3.09. The fraction of sp³-hybridized carbons (Fsp3) is 0.438. The zero-order valence-electron chi connectivity index (χ0n) is 14.2. The molecule has 1 fully saturated rings. The highest BCUT2D eigenvalue weighted by Crippen LogP contribution is 2.14. The van der Waals surface area contributed by atoms with Crippen molar-refractivity contribution in [2.45, 2.75) is 13.0 Å². The summed E-state index contributed by atoms with van der Waals surface area (Å²) >= 11 is 0. The quantitative estimate of drug-likeness (QED) is 0.678. The van der Waals surface area contributed by atoms with Gasteiger partial charge >= 0.3 is 5.97 Å². The van der Waals surface area contributed by atoms with Crippen LogP contribution in [0.1, 0.15) is 17.3 Å². The predicted octanol–water partition coefficient (Wildman–Crippen LogP) is -0.475. The summed E-state index contributed by atoms with van der Waals surface area (Å²) < 4.78 is 27.9. The summed E-state index contributed by atoms with van der Waals surface area (Å²) in [4.78, 5) is 36.6. The molecule has 1 unspecified atom stereocenters. The fourth-order valence-electron chi connectivity index (χ4n) is 2.42. The van der Waals surface area contributed by atoms with Gasteiger partial charge in [0.1, 0.15) is 11.8 Å². The number of rotatable bonds is 6. The molecule has 26 heavy (non-hydrogen) atoms. The van der Waals surface area contributed by atoms with Crippen molar-refractivity contribution in [3.05, 3.63) is 29.8 Å². The van der Waals surface area contributed by atoms with E-state index in [-0.39, 0.29) is 41.8 Å². The van der Waals surface area contributed by atoms with Crippen molar-refractivity contribution in [3.63, 3.8) is 0 Å². The van der Waals surface area contributed by atoms with Crippen LogP contribution in [0.15, 0.2) is 24.3 Å². The van der Waals surface area contributed by atoms with Crippen molar-refractivity contribution in [2.24, 2.45) is 0 Å². The van der Waals surface area contributed by atoms with Crippen molar-refractivity contribution in [2.75, 3.05) is 31.2 Å². The number of carboxylic acids is 1. The van der Waals surface area contributed by atoms with Crippen LogP contribution >= 0.6 is 0 Å². The van der Waals surface area contributed by atoms with Gasteiger partial charge in [-0.15, -0.1) is 0 Å². The van der Waals surface area contributed by atoms with Gasteiger partial charge < -0.3 is 20.1 Å². The smallest absolute Gasteiger partial charge is 0.341 e. The van der Waals surface area contributed by atoms with E-state index in [4.69, 9.17) is 9.84 Å². The first-order valence-electron chi connectivity index (χ1n) is 7.93. The number of carboxylic acid groups (broad SMARTS) is 1. The second kappa shape index (κ2) is 8.17. The van der Waals surface area contributed by atoms with Gasteiger partial charge in [0.15, 0.2) is 16.4 Å². The Balaban J connectivity index is 1.95. The van der Waals surface area contributed by atoms with Crippen molar-refractivity contribution >= 4 is 27.6 Å². The van der Waals surface area contributed by atoms with Gasteiger partial charge in [-0.05, 0) is 25.1 Å². The average molecular weight is 384 g/mol. The van der Waals surface area contributed by atoms with E-state index in [2.05, 4.69) is 5.32 Å². The Hall–Kier alpha value is -2.62. The summed E-state index contributed by atoms with van der Waals surface area (Å²) in [6, 6.07) is 5.11. The molecule has 2 N–H and O–H groups in total. The number of nitrogens with zero attached hydrogens (tertiary/aromatic N) is 1. The minimum absolute atomic E-state index is 0.0810. The summed E-state index contributed by atoms with van der Waals surface area (Å²) in [5.74, 6) is -1.95. The van der Waals surface area contributed by atoms with E-state index in [1.54, 1.807) is 0 Å². The molecule has 10 heteroatoms. The third kappa shape index (κ3) is 5.45. The van der Waals surface area contributed by atoms with E-state index in [1.165, 1.54) is 36.1 Å². The lowest BCUT2D eigenvalue weighted by Crippen LogP contribution is -2.51. The number of amides is 2. The number of sulfone groups is 1. The van der Waals surface area contributed by atoms with Gasteiger partial charge in [-0.2, -0.15) is 0 Å². The van der Waals surface area contributed by atoms with Crippen LogP contribution in [0.2, 0.25) is 0 Å². The number of hydrogen-bond acceptors (Lipinski definition) is 6. The summed E-state index contributed by atoms with van der Waals surface area (Å²) in [5, 5.41) is 11.2. The zero-order valence-corrected chi connectivity index (χ0v) is 15.0. The maximum Gasteiger partial charge on any atom is 0.341 e. The van der Waals surface area contributed by atoms with Crippen molar-refractivity contribution in [1.82, 2.24) is 10.2 Å². The van der Waals surface area contributed by atoms with Crippen LogP contribution in [0, 0.1) is 0 Å². The van der Waals surface area contributed by atoms with Gasteiger partial charge in [-0.25, -0.2) is 13.2 Å². The van der Waals surface area contributed by atoms with E-state index in [0.717, 1.165) is 0 Å². The molecule has 2 amide bonds. The SMILES string of the molecule is CC(NC(=O)c1cccc(OCC(=O)O)c1)C(=O)N1CCS(=O)(=O)CC1. The van der Waals surface area contributed by atoms with Crippen LogP contribution in [0.5, 0.6) is 5.75 Å². The van der Waals surface area contributed by atoms with Crippen LogP contribution in [-0.4, -0.2) is 73.5 Å². The van der Waals surface area contributed by atoms with Gasteiger partial charge in [0.2, 0.25) is 5.91 Å². The summed E-state index contributed by atoms with van der Waals surface area (Å²) in [5.41, 5.74) is 0.216. The molecule has 0 radical (unpaired) electrons. The Morgan fingerprint density at radius 1 is 1.27 bits per heavy atom. The number of aliphatic carboxylic acids is 1. The third-order valence-corrected chi connectivity index (χ3v) is 5.44. The Kier molecular flexibility index (Phi) is 6.19. The molecule has 1 atom stereocenters. The molecule has 2 rings (SSSR count). The minimum Gasteiger partial charge on any atom is -0.482 e. The zero-order chi connectivity index (χ0) is 19.3. The Morgan fingerprint density at radius 3 is 2.54 bits per heavy atom. The Bertz CT molecular complexity index is 793. The van der Waals surface area contributed by atoms with Crippen LogP contribution in [0.25, 0.3) is 0 Å². The van der Waals surface area contributed by atoms with Crippen LogP contribution in [0.4, 0.5) is 0 Å². The van der Waals surface area contributed by atoms with Crippen LogP contribution in [-0.2, 0) is 19.4 Å². The standard InChI is InChI=1S/C16H20N2O7S/c1-11(16(22)18-5-7-26(23,24)8-6-18)17-15(21)12-3-2-4-13(9-12)25-10-14(19)20/h2-4,9,11H,5-8,10H2,1H3,(H,17,21)(H,19,20). The molecular formula is C16H20N2O7S. The van der Waals surface area contributed by atoms with Crippen molar-refractivity contribution in [3.8, 4) is 5.75 Å². The third-order valence-electron chi connectivity index (χ3n) is 3.83. The molecular weight excluding hydrogens is 364 g/mol. The average Bonchev–Trinajstić information content (AvgIpc) is 2.59. The van der Waals surface area contributed by atoms with Gasteiger partial charge in [-0.3, -0.25) is 9.59 Å². The monoisotopic (exact) mass is 384 g/mol. The Labute approximate surface area is 150 Å². The number of carbonyl (C=O) groups is 3. The molecule has 1 saturated heterocycles. The van der Waals surface area contributed by atoms with Gasteiger partial charge in [0.25, 0.3) is 5.91 Å². The van der Waals surface area contributed by atoms with Gasteiger partial charge in [0, 0.05) is 18.7 Å². The number of ether oxygens (including phenoxy) is 1. The molecule has 1 aliphatic rings. The number of hydrogen-bond donors (Lipinski definition) is 2. The molecule has 1 aromatic carbocycles. The Morgan fingerprint density at radius 2 is 1.92 bits per heavy atom. The van der Waals surface area contributed by atoms with E-state index < -0.39 is 34.4 Å². The molecule has 1 aromatic rings. The largest absolute Gasteiger partial charge is 0.482 e. The number of benzene rings is 1. The van der Waals surface area contributed by atoms with Crippen molar-refractivity contribution in [1.29, 1.82) is 0 Å². The van der Waals surface area contributed by atoms with Crippen LogP contribution < -0.4 is 10.1 Å². The van der Waals surface area contributed by atoms with E-state index in [1.807, 2.05) is 0 Å². The molecule has 142 valence electrons. The molecule has 0 aliphatic carbocycles. The van der Waals surface area contributed by atoms with E-state index in [9.17, 15) is 22.8 Å². The van der Waals surface area contributed by atoms with Crippen LogP contribution in [0.3, 0.4) is 0 Å². The van der Waals surface area contributed by atoms with Gasteiger partial charge in [0.05, 0.1) is 11.5 Å². The molecule has 1 heterocycles. The molecule has 0 saturated carbocycles. The molecule has 0 bridgehead atoms. The first-order valence-corrected chi connectivity index (χ1v) is 9.75. The number of carbonyl (C=O) groups excluding carboxylic acids is 2. The first kappa shape index (κ1) is 19.7. The van der Waals surface area contributed by atoms with E-state index >= 15 is 0 Å². The topological polar surface area (TPSA) is 130 Å².